The molecule has 1 aromatic carbocycles. The lowest BCUT2D eigenvalue weighted by Crippen LogP contribution is -2.50. The zero-order chi connectivity index (χ0) is 23.2. The summed E-state index contributed by atoms with van der Waals surface area (Å²) in [5.41, 5.74) is 1.11. The van der Waals surface area contributed by atoms with Crippen molar-refractivity contribution in [1.82, 2.24) is 20.4 Å². The van der Waals surface area contributed by atoms with E-state index in [1.807, 2.05) is 12.1 Å². The number of hydrogen-bond acceptors (Lipinski definition) is 5. The van der Waals surface area contributed by atoms with Gasteiger partial charge in [-0.2, -0.15) is 0 Å². The minimum Gasteiger partial charge on any atom is -0.490 e. The van der Waals surface area contributed by atoms with E-state index in [9.17, 15) is 14.0 Å². The fourth-order valence-corrected chi connectivity index (χ4v) is 4.71. The Morgan fingerprint density at radius 2 is 1.91 bits per heavy atom. The molecule has 1 aliphatic carbocycles. The van der Waals surface area contributed by atoms with Gasteiger partial charge in [0.05, 0.1) is 6.61 Å². The van der Waals surface area contributed by atoms with E-state index in [1.54, 1.807) is 11.0 Å². The van der Waals surface area contributed by atoms with Gasteiger partial charge in [-0.15, -0.1) is 0 Å². The lowest BCUT2D eigenvalue weighted by Gasteiger charge is -2.42. The maximum absolute atomic E-state index is 14.3. The number of nitrogens with one attached hydrogen (secondary N) is 2. The third-order valence-electron chi connectivity index (χ3n) is 6.89. The number of ether oxygens (including phenoxy) is 1. The molecule has 4 rings (SSSR count). The van der Waals surface area contributed by atoms with Gasteiger partial charge in [-0.05, 0) is 62.9 Å². The Morgan fingerprint density at radius 3 is 2.61 bits per heavy atom. The molecule has 0 bridgehead atoms. The first-order valence-corrected chi connectivity index (χ1v) is 12.4. The summed E-state index contributed by atoms with van der Waals surface area (Å²) in [6.45, 7) is 4.45. The Morgan fingerprint density at radius 1 is 1.15 bits per heavy atom. The number of imide groups is 1. The highest BCUT2D eigenvalue weighted by Gasteiger charge is 2.32. The molecule has 0 spiro atoms. The number of amides is 3. The van der Waals surface area contributed by atoms with Crippen LogP contribution in [0, 0.1) is 17.7 Å². The number of nitrogens with zero attached hydrogens (tertiary/aromatic N) is 2. The number of carbonyl (C=O) groups is 2. The monoisotopic (exact) mass is 460 g/mol. The Hall–Kier alpha value is -2.19. The number of likely N-dealkylation sites (tertiary alicyclic amines) is 1. The van der Waals surface area contributed by atoms with Crippen LogP contribution in [-0.2, 0) is 4.79 Å². The van der Waals surface area contributed by atoms with Gasteiger partial charge < -0.3 is 19.9 Å². The summed E-state index contributed by atoms with van der Waals surface area (Å²) >= 11 is 0. The largest absolute Gasteiger partial charge is 0.490 e. The van der Waals surface area contributed by atoms with Gasteiger partial charge >= 0.3 is 6.03 Å². The number of urea groups is 1. The van der Waals surface area contributed by atoms with Gasteiger partial charge in [0.15, 0.2) is 11.6 Å². The molecule has 1 saturated carbocycles. The first-order valence-electron chi connectivity index (χ1n) is 12.4. The van der Waals surface area contributed by atoms with Crippen LogP contribution in [0.1, 0.15) is 56.6 Å². The van der Waals surface area contributed by atoms with Gasteiger partial charge in [-0.1, -0.05) is 25.3 Å². The van der Waals surface area contributed by atoms with Gasteiger partial charge in [-0.25, -0.2) is 9.18 Å². The van der Waals surface area contributed by atoms with Crippen molar-refractivity contribution in [3.05, 3.63) is 29.6 Å². The van der Waals surface area contributed by atoms with Crippen LogP contribution in [0.3, 0.4) is 0 Å². The van der Waals surface area contributed by atoms with Crippen LogP contribution in [0.5, 0.6) is 5.75 Å². The van der Waals surface area contributed by atoms with Crippen LogP contribution in [0.25, 0.3) is 0 Å². The second kappa shape index (κ2) is 11.3. The average Bonchev–Trinajstić information content (AvgIpc) is 3.54. The van der Waals surface area contributed by atoms with Gasteiger partial charge in [0.25, 0.3) is 0 Å². The van der Waals surface area contributed by atoms with Crippen LogP contribution in [0.2, 0.25) is 0 Å². The zero-order valence-corrected chi connectivity index (χ0v) is 19.7. The molecule has 1 aromatic rings. The van der Waals surface area contributed by atoms with E-state index in [0.29, 0.717) is 30.7 Å². The van der Waals surface area contributed by atoms with Gasteiger partial charge in [-0.3, -0.25) is 10.1 Å². The van der Waals surface area contributed by atoms with Gasteiger partial charge in [0, 0.05) is 31.6 Å². The first-order chi connectivity index (χ1) is 16.0. The average molecular weight is 461 g/mol. The number of halogens is 1. The number of rotatable bonds is 14. The summed E-state index contributed by atoms with van der Waals surface area (Å²) in [6.07, 6.45) is 7.65. The quantitative estimate of drug-likeness (QED) is 0.329. The summed E-state index contributed by atoms with van der Waals surface area (Å²) < 4.78 is 20.0. The van der Waals surface area contributed by atoms with Gasteiger partial charge in [0.1, 0.15) is 6.54 Å². The molecule has 2 aliphatic heterocycles. The Kier molecular flexibility index (Phi) is 8.20. The second-order valence-corrected chi connectivity index (χ2v) is 9.90. The number of unbranched alkanes of at least 4 members (excludes halogenated alkanes) is 4. The Labute approximate surface area is 196 Å². The lowest BCUT2D eigenvalue weighted by molar-refractivity contribution is -0.118. The van der Waals surface area contributed by atoms with Crippen LogP contribution < -0.4 is 15.4 Å². The maximum Gasteiger partial charge on any atom is 0.324 e. The van der Waals surface area contributed by atoms with Crippen molar-refractivity contribution in [3.63, 3.8) is 0 Å². The highest BCUT2D eigenvalue weighted by Crippen LogP contribution is 2.34. The van der Waals surface area contributed by atoms with Crippen LogP contribution >= 0.6 is 0 Å². The third-order valence-corrected chi connectivity index (χ3v) is 6.89. The smallest absolute Gasteiger partial charge is 0.324 e. The Balaban J connectivity index is 1.18. The van der Waals surface area contributed by atoms with Crippen molar-refractivity contribution >= 4 is 11.9 Å². The molecule has 0 aromatic heterocycles. The third kappa shape index (κ3) is 6.90. The summed E-state index contributed by atoms with van der Waals surface area (Å²) in [5.74, 6) is 1.01. The van der Waals surface area contributed by atoms with E-state index in [-0.39, 0.29) is 30.3 Å². The van der Waals surface area contributed by atoms with Crippen molar-refractivity contribution in [1.29, 1.82) is 0 Å². The predicted octanol–water partition coefficient (Wildman–Crippen LogP) is 3.31. The summed E-state index contributed by atoms with van der Waals surface area (Å²) in [5, 5.41) is 6.04. The van der Waals surface area contributed by atoms with E-state index in [1.165, 1.54) is 12.8 Å². The normalized spacial score (nSPS) is 20.1. The zero-order valence-electron chi connectivity index (χ0n) is 19.7. The standard InChI is InChI=1S/C25H37FN4O3/c1-29-14-20(15-29)24(19-9-10-21(26)22(13-19)33-17-18-7-8-18)27-11-5-3-2-4-6-12-30-16-23(31)28-25(30)32/h9-10,13,18,20,24,27H,2-8,11-12,14-17H2,1H3,(H,28,31,32)/t24-/m0/s1. The fraction of sp³-hybridized carbons (Fsp3) is 0.680. The molecule has 0 radical (unpaired) electrons. The lowest BCUT2D eigenvalue weighted by atomic mass is 9.87. The number of hydrogen-bond donors (Lipinski definition) is 2. The second-order valence-electron chi connectivity index (χ2n) is 9.90. The summed E-state index contributed by atoms with van der Waals surface area (Å²) in [7, 11) is 2.13. The molecule has 2 N–H and O–H groups in total. The van der Waals surface area contributed by atoms with Crippen molar-refractivity contribution in [2.45, 2.75) is 51.0 Å². The van der Waals surface area contributed by atoms with Crippen LogP contribution in [-0.4, -0.2) is 68.1 Å². The molecule has 1 atom stereocenters. The van der Waals surface area contributed by atoms with Crippen molar-refractivity contribution in [3.8, 4) is 5.75 Å². The molecule has 3 aliphatic rings. The van der Waals surface area contributed by atoms with Crippen molar-refractivity contribution in [2.75, 3.05) is 46.4 Å². The minimum atomic E-state index is -0.278. The topological polar surface area (TPSA) is 73.9 Å². The molecule has 2 heterocycles. The molecule has 3 amide bonds. The van der Waals surface area contributed by atoms with Crippen molar-refractivity contribution < 1.29 is 18.7 Å². The molecule has 182 valence electrons. The molecule has 7 nitrogen and oxygen atoms in total. The highest BCUT2D eigenvalue weighted by molar-refractivity contribution is 6.01. The van der Waals surface area contributed by atoms with E-state index in [2.05, 4.69) is 22.6 Å². The number of benzene rings is 1. The number of carbonyl (C=O) groups excluding carboxylic acids is 2. The molecule has 3 fully saturated rings. The van der Waals surface area contributed by atoms with Crippen molar-refractivity contribution in [2.24, 2.45) is 11.8 Å². The fourth-order valence-electron chi connectivity index (χ4n) is 4.71. The Bertz CT molecular complexity index is 826. The SMILES string of the molecule is CN1CC([C@@H](NCCCCCCCN2CC(=O)NC2=O)c2ccc(F)c(OCC3CC3)c2)C1. The molecular weight excluding hydrogens is 423 g/mol. The molecular formula is C25H37FN4O3. The van der Waals surface area contributed by atoms with Gasteiger partial charge in [0.2, 0.25) is 5.91 Å². The van der Waals surface area contributed by atoms with E-state index >= 15 is 0 Å². The van der Waals surface area contributed by atoms with E-state index in [0.717, 1.165) is 57.3 Å². The predicted molar refractivity (Wildman–Crippen MR) is 125 cm³/mol. The molecule has 2 saturated heterocycles. The summed E-state index contributed by atoms with van der Waals surface area (Å²) in [4.78, 5) is 26.6. The highest BCUT2D eigenvalue weighted by atomic mass is 19.1. The van der Waals surface area contributed by atoms with Crippen LogP contribution in [0.4, 0.5) is 9.18 Å². The maximum atomic E-state index is 14.3. The van der Waals surface area contributed by atoms with E-state index in [4.69, 9.17) is 4.74 Å². The minimum absolute atomic E-state index is 0.192. The molecule has 0 unspecified atom stereocenters. The summed E-state index contributed by atoms with van der Waals surface area (Å²) in [6, 6.07) is 5.28. The molecule has 33 heavy (non-hydrogen) atoms. The van der Waals surface area contributed by atoms with Crippen LogP contribution in [0.15, 0.2) is 18.2 Å². The van der Waals surface area contributed by atoms with E-state index < -0.39 is 0 Å². The molecule has 8 heteroatoms. The first kappa shape index (κ1) is 24.0.